The van der Waals surface area contributed by atoms with E-state index < -0.39 is 17.8 Å². The molecule has 0 fully saturated rings. The SMILES string of the molecule is COc1ccc2cc1OCCCNC(=O)c1cc(ccc1F)Oc1ccc3c(c1)CCN(C(=O)c1cc(=O)[nH]c4ccccc14)C23. The molecule has 0 saturated heterocycles. The van der Waals surface area contributed by atoms with Gasteiger partial charge in [0.1, 0.15) is 17.3 Å². The second-order valence-electron chi connectivity index (χ2n) is 11.2. The summed E-state index contributed by atoms with van der Waals surface area (Å²) >= 11 is 0. The molecule has 8 bridgehead atoms. The fraction of sp³-hybridized carbons (Fsp3) is 0.194. The Kier molecular flexibility index (Phi) is 7.61. The van der Waals surface area contributed by atoms with E-state index in [1.54, 1.807) is 30.2 Å². The first-order chi connectivity index (χ1) is 22.4. The van der Waals surface area contributed by atoms with Crippen LogP contribution in [0.1, 0.15) is 49.9 Å². The lowest BCUT2D eigenvalue weighted by Crippen LogP contribution is -2.41. The van der Waals surface area contributed by atoms with Gasteiger partial charge in [0.25, 0.3) is 11.8 Å². The molecule has 0 radical (unpaired) electrons. The van der Waals surface area contributed by atoms with Crippen molar-refractivity contribution in [3.63, 3.8) is 0 Å². The Morgan fingerprint density at radius 3 is 2.67 bits per heavy atom. The van der Waals surface area contributed by atoms with Crippen molar-refractivity contribution >= 4 is 22.7 Å². The minimum atomic E-state index is -0.650. The summed E-state index contributed by atoms with van der Waals surface area (Å²) in [7, 11) is 1.55. The molecule has 1 unspecified atom stereocenters. The highest BCUT2D eigenvalue weighted by Gasteiger charge is 2.34. The zero-order chi connectivity index (χ0) is 31.8. The molecule has 2 N–H and O–H groups in total. The monoisotopic (exact) mass is 619 g/mol. The van der Waals surface area contributed by atoms with E-state index in [0.29, 0.717) is 58.9 Å². The lowest BCUT2D eigenvalue weighted by Gasteiger charge is -2.38. The van der Waals surface area contributed by atoms with Crippen molar-refractivity contribution in [3.8, 4) is 23.0 Å². The predicted octanol–water partition coefficient (Wildman–Crippen LogP) is 5.77. The van der Waals surface area contributed by atoms with Crippen molar-refractivity contribution in [1.82, 2.24) is 15.2 Å². The quantitative estimate of drug-likeness (QED) is 0.260. The van der Waals surface area contributed by atoms with Crippen LogP contribution in [0.2, 0.25) is 0 Å². The van der Waals surface area contributed by atoms with Crippen LogP contribution in [0, 0.1) is 5.82 Å². The van der Waals surface area contributed by atoms with Gasteiger partial charge in [-0.3, -0.25) is 14.4 Å². The molecule has 0 spiro atoms. The zero-order valence-electron chi connectivity index (χ0n) is 25.0. The number of para-hydroxylation sites is 1. The van der Waals surface area contributed by atoms with Crippen LogP contribution in [0.15, 0.2) is 89.7 Å². The number of nitrogens with one attached hydrogen (secondary N) is 2. The Hall–Kier alpha value is -5.64. The Balaban J connectivity index is 1.36. The number of benzene rings is 4. The molecule has 4 aromatic carbocycles. The molecule has 1 aromatic heterocycles. The van der Waals surface area contributed by atoms with Crippen molar-refractivity contribution in [2.45, 2.75) is 18.9 Å². The van der Waals surface area contributed by atoms with E-state index in [2.05, 4.69) is 10.3 Å². The van der Waals surface area contributed by atoms with Gasteiger partial charge in [-0.2, -0.15) is 0 Å². The van der Waals surface area contributed by atoms with Gasteiger partial charge in [-0.15, -0.1) is 0 Å². The van der Waals surface area contributed by atoms with Crippen LogP contribution in [-0.2, 0) is 6.42 Å². The second kappa shape index (κ2) is 12.0. The third kappa shape index (κ3) is 5.42. The lowest BCUT2D eigenvalue weighted by molar-refractivity contribution is 0.0695. The van der Waals surface area contributed by atoms with Gasteiger partial charge in [-0.25, -0.2) is 4.39 Å². The van der Waals surface area contributed by atoms with Gasteiger partial charge in [0.05, 0.1) is 30.9 Å². The van der Waals surface area contributed by atoms with E-state index in [0.717, 1.165) is 16.7 Å². The number of ether oxygens (including phenoxy) is 3. The van der Waals surface area contributed by atoms with Crippen LogP contribution in [0.4, 0.5) is 4.39 Å². The Morgan fingerprint density at radius 2 is 1.80 bits per heavy atom. The van der Waals surface area contributed by atoms with E-state index in [-0.39, 0.29) is 30.2 Å². The molecule has 10 heteroatoms. The third-order valence-electron chi connectivity index (χ3n) is 8.37. The van der Waals surface area contributed by atoms with Crippen LogP contribution in [-0.4, -0.2) is 48.5 Å². The number of fused-ring (bicyclic) bond motifs is 7. The van der Waals surface area contributed by atoms with E-state index in [9.17, 15) is 18.8 Å². The van der Waals surface area contributed by atoms with E-state index in [1.807, 2.05) is 42.5 Å². The summed E-state index contributed by atoms with van der Waals surface area (Å²) in [5, 5.41) is 3.40. The molecular weight excluding hydrogens is 589 g/mol. The number of methoxy groups -OCH3 is 1. The number of amides is 2. The smallest absolute Gasteiger partial charge is 0.255 e. The van der Waals surface area contributed by atoms with Gasteiger partial charge in [-0.05, 0) is 78.1 Å². The lowest BCUT2D eigenvalue weighted by atomic mass is 9.87. The fourth-order valence-corrected chi connectivity index (χ4v) is 6.19. The van der Waals surface area contributed by atoms with E-state index >= 15 is 0 Å². The summed E-state index contributed by atoms with van der Waals surface area (Å²) in [5.41, 5.74) is 3.08. The van der Waals surface area contributed by atoms with Crippen molar-refractivity contribution in [2.24, 2.45) is 0 Å². The number of hydrogen-bond donors (Lipinski definition) is 2. The maximum atomic E-state index is 14.6. The number of nitrogens with zero attached hydrogens (tertiary/aromatic N) is 1. The molecule has 8 rings (SSSR count). The molecule has 3 aliphatic heterocycles. The molecule has 232 valence electrons. The first kappa shape index (κ1) is 29.1. The number of carbonyl (C=O) groups excluding carboxylic acids is 2. The summed E-state index contributed by atoms with van der Waals surface area (Å²) in [6.45, 7) is 0.868. The van der Waals surface area contributed by atoms with Gasteiger partial charge < -0.3 is 29.4 Å². The highest BCUT2D eigenvalue weighted by molar-refractivity contribution is 6.06. The van der Waals surface area contributed by atoms with Gasteiger partial charge in [0.2, 0.25) is 5.56 Å². The van der Waals surface area contributed by atoms with Crippen LogP contribution >= 0.6 is 0 Å². The van der Waals surface area contributed by atoms with Gasteiger partial charge in [0.15, 0.2) is 11.5 Å². The van der Waals surface area contributed by atoms with Crippen LogP contribution in [0.3, 0.4) is 0 Å². The minimum absolute atomic E-state index is 0.117. The first-order valence-electron chi connectivity index (χ1n) is 15.0. The molecule has 5 aromatic rings. The molecule has 0 saturated carbocycles. The summed E-state index contributed by atoms with van der Waals surface area (Å²) in [6.07, 6.45) is 0.970. The normalized spacial score (nSPS) is 16.1. The summed E-state index contributed by atoms with van der Waals surface area (Å²) in [5.74, 6) is 0.356. The molecule has 2 amide bonds. The zero-order valence-corrected chi connectivity index (χ0v) is 25.0. The van der Waals surface area contributed by atoms with Crippen LogP contribution in [0.25, 0.3) is 10.9 Å². The number of rotatable bonds is 2. The first-order valence-corrected chi connectivity index (χ1v) is 15.0. The largest absolute Gasteiger partial charge is 0.493 e. The molecule has 0 aliphatic carbocycles. The van der Waals surface area contributed by atoms with Crippen molar-refractivity contribution in [2.75, 3.05) is 26.8 Å². The maximum Gasteiger partial charge on any atom is 0.255 e. The number of H-pyrrole nitrogens is 1. The topological polar surface area (TPSA) is 110 Å². The fourth-order valence-electron chi connectivity index (χ4n) is 6.19. The standard InChI is InChI=1S/C36H30FN3O6/c1-44-31-12-7-22-18-32(31)45-16-4-14-38-35(42)28-19-24(9-11-29(28)37)46-23-8-10-25-21(17-23)13-15-40(34(22)25)36(43)27-20-33(41)39-30-6-3-2-5-26(27)30/h2-3,5-12,17-20,34H,4,13-16H2,1H3,(H,38,42)(H,39,41). The van der Waals surface area contributed by atoms with Crippen molar-refractivity contribution in [3.05, 3.63) is 129 Å². The number of pyridine rings is 1. The highest BCUT2D eigenvalue weighted by atomic mass is 19.1. The van der Waals surface area contributed by atoms with Gasteiger partial charge >= 0.3 is 0 Å². The molecule has 1 atom stereocenters. The second-order valence-corrected chi connectivity index (χ2v) is 11.2. The van der Waals surface area contributed by atoms with E-state index in [1.165, 1.54) is 24.3 Å². The average Bonchev–Trinajstić information content (AvgIpc) is 3.07. The Morgan fingerprint density at radius 1 is 0.978 bits per heavy atom. The number of aromatic nitrogens is 1. The third-order valence-corrected chi connectivity index (χ3v) is 8.37. The van der Waals surface area contributed by atoms with Crippen LogP contribution < -0.4 is 25.1 Å². The average molecular weight is 620 g/mol. The molecule has 46 heavy (non-hydrogen) atoms. The van der Waals surface area contributed by atoms with Gasteiger partial charge in [0, 0.05) is 30.1 Å². The number of hydrogen-bond acceptors (Lipinski definition) is 6. The van der Waals surface area contributed by atoms with Crippen molar-refractivity contribution in [1.29, 1.82) is 0 Å². The number of carbonyl (C=O) groups is 2. The maximum absolute atomic E-state index is 14.6. The summed E-state index contributed by atoms with van der Waals surface area (Å²) in [4.78, 5) is 44.4. The van der Waals surface area contributed by atoms with Crippen molar-refractivity contribution < 1.29 is 28.2 Å². The molecule has 9 nitrogen and oxygen atoms in total. The molecular formula is C36H30FN3O6. The summed E-state index contributed by atoms with van der Waals surface area (Å²) in [6, 6.07) is 23.3. The van der Waals surface area contributed by atoms with Crippen LogP contribution in [0.5, 0.6) is 23.0 Å². The molecule has 3 aliphatic rings. The Bertz CT molecular complexity index is 2060. The van der Waals surface area contributed by atoms with E-state index in [4.69, 9.17) is 14.2 Å². The highest BCUT2D eigenvalue weighted by Crippen LogP contribution is 2.41. The predicted molar refractivity (Wildman–Crippen MR) is 170 cm³/mol. The molecule has 4 heterocycles. The minimum Gasteiger partial charge on any atom is -0.493 e. The number of halogens is 1. The Labute approximate surface area is 263 Å². The van der Waals surface area contributed by atoms with Gasteiger partial charge in [-0.1, -0.05) is 30.3 Å². The number of aromatic amines is 1. The summed E-state index contributed by atoms with van der Waals surface area (Å²) < 4.78 is 32.4.